The first kappa shape index (κ1) is 13.6. The van der Waals surface area contributed by atoms with Gasteiger partial charge in [-0.05, 0) is 47.2 Å². The van der Waals surface area contributed by atoms with Crippen molar-refractivity contribution in [2.75, 3.05) is 11.9 Å². The summed E-state index contributed by atoms with van der Waals surface area (Å²) in [6.45, 7) is 0.395. The molecule has 2 rings (SSSR count). The van der Waals surface area contributed by atoms with Crippen LogP contribution in [0.4, 0.5) is 5.69 Å². The molecule has 2 N–H and O–H groups in total. The second-order valence-corrected chi connectivity index (χ2v) is 5.81. The van der Waals surface area contributed by atoms with Crippen molar-refractivity contribution in [2.24, 2.45) is 5.92 Å². The van der Waals surface area contributed by atoms with Crippen LogP contribution in [0.15, 0.2) is 18.2 Å². The summed E-state index contributed by atoms with van der Waals surface area (Å²) in [6, 6.07) is 5.45. The molecule has 1 heterocycles. The summed E-state index contributed by atoms with van der Waals surface area (Å²) in [4.78, 5) is 23.0. The Kier molecular flexibility index (Phi) is 4.45. The number of benzene rings is 1. The van der Waals surface area contributed by atoms with E-state index in [0.29, 0.717) is 30.1 Å². The standard InChI is InChI=1S/C12H12ClIN2O2/c13-9-3-2-8(14)5-10(9)16-12(18)7-1-4-11(17)15-6-7/h2-3,5,7H,1,4,6H2,(H,15,17)(H,16,18). The van der Waals surface area contributed by atoms with E-state index in [-0.39, 0.29) is 17.7 Å². The largest absolute Gasteiger partial charge is 0.355 e. The minimum Gasteiger partial charge on any atom is -0.355 e. The second kappa shape index (κ2) is 5.88. The Morgan fingerprint density at radius 1 is 1.50 bits per heavy atom. The van der Waals surface area contributed by atoms with Crippen LogP contribution in [0.5, 0.6) is 0 Å². The van der Waals surface area contributed by atoms with Gasteiger partial charge >= 0.3 is 0 Å². The van der Waals surface area contributed by atoms with Gasteiger partial charge in [0.2, 0.25) is 11.8 Å². The molecule has 1 aromatic carbocycles. The van der Waals surface area contributed by atoms with E-state index in [2.05, 4.69) is 33.2 Å². The Bertz CT molecular complexity index is 483. The summed E-state index contributed by atoms with van der Waals surface area (Å²) < 4.78 is 1.00. The van der Waals surface area contributed by atoms with Crippen molar-refractivity contribution in [1.82, 2.24) is 5.32 Å². The van der Waals surface area contributed by atoms with Crippen molar-refractivity contribution in [3.8, 4) is 0 Å². The first-order valence-electron chi connectivity index (χ1n) is 5.59. The molecular formula is C12H12ClIN2O2. The first-order chi connectivity index (χ1) is 8.56. The number of carbonyl (C=O) groups excluding carboxylic acids is 2. The maximum Gasteiger partial charge on any atom is 0.229 e. The lowest BCUT2D eigenvalue weighted by atomic mass is 9.98. The number of rotatable bonds is 2. The molecule has 0 radical (unpaired) electrons. The monoisotopic (exact) mass is 378 g/mol. The summed E-state index contributed by atoms with van der Waals surface area (Å²) in [6.07, 6.45) is 0.983. The number of amides is 2. The van der Waals surface area contributed by atoms with E-state index in [0.717, 1.165) is 3.57 Å². The number of nitrogens with one attached hydrogen (secondary N) is 2. The Morgan fingerprint density at radius 2 is 2.28 bits per heavy atom. The van der Waals surface area contributed by atoms with Gasteiger partial charge in [0, 0.05) is 16.5 Å². The molecule has 18 heavy (non-hydrogen) atoms. The quantitative estimate of drug-likeness (QED) is 0.777. The fourth-order valence-corrected chi connectivity index (χ4v) is 2.44. The average Bonchev–Trinajstić information content (AvgIpc) is 2.34. The SMILES string of the molecule is O=C1CCC(C(=O)Nc2cc(I)ccc2Cl)CN1. The molecule has 1 unspecified atom stereocenters. The highest BCUT2D eigenvalue weighted by atomic mass is 127. The lowest BCUT2D eigenvalue weighted by molar-refractivity contribution is -0.126. The molecule has 2 amide bonds. The topological polar surface area (TPSA) is 58.2 Å². The molecule has 0 bridgehead atoms. The summed E-state index contributed by atoms with van der Waals surface area (Å²) >= 11 is 8.17. The van der Waals surface area contributed by atoms with Crippen molar-refractivity contribution in [3.05, 3.63) is 26.8 Å². The Hall–Kier alpha value is -0.820. The van der Waals surface area contributed by atoms with E-state index in [1.54, 1.807) is 6.07 Å². The van der Waals surface area contributed by atoms with Crippen LogP contribution >= 0.6 is 34.2 Å². The van der Waals surface area contributed by atoms with Gasteiger partial charge in [0.25, 0.3) is 0 Å². The summed E-state index contributed by atoms with van der Waals surface area (Å²) in [5.41, 5.74) is 0.616. The molecule has 1 aliphatic rings. The fraction of sp³-hybridized carbons (Fsp3) is 0.333. The minimum absolute atomic E-state index is 0.00587. The zero-order chi connectivity index (χ0) is 13.1. The highest BCUT2D eigenvalue weighted by Crippen LogP contribution is 2.25. The van der Waals surface area contributed by atoms with Crippen LogP contribution in [0.2, 0.25) is 5.02 Å². The predicted octanol–water partition coefficient (Wildman–Crippen LogP) is 2.41. The molecule has 1 saturated heterocycles. The van der Waals surface area contributed by atoms with Gasteiger partial charge in [-0.15, -0.1) is 0 Å². The Balaban J connectivity index is 2.02. The van der Waals surface area contributed by atoms with Crippen LogP contribution in [0.25, 0.3) is 0 Å². The number of anilines is 1. The molecule has 0 spiro atoms. The van der Waals surface area contributed by atoms with Crippen molar-refractivity contribution < 1.29 is 9.59 Å². The van der Waals surface area contributed by atoms with Gasteiger partial charge in [-0.1, -0.05) is 11.6 Å². The van der Waals surface area contributed by atoms with Gasteiger partial charge in [0.15, 0.2) is 0 Å². The van der Waals surface area contributed by atoms with E-state index < -0.39 is 0 Å². The molecule has 1 aliphatic heterocycles. The molecule has 0 aliphatic carbocycles. The number of halogens is 2. The van der Waals surface area contributed by atoms with E-state index >= 15 is 0 Å². The molecule has 0 saturated carbocycles. The number of hydrogen-bond donors (Lipinski definition) is 2. The third-order valence-corrected chi connectivity index (χ3v) is 3.82. The van der Waals surface area contributed by atoms with Crippen LogP contribution in [-0.2, 0) is 9.59 Å². The van der Waals surface area contributed by atoms with Crippen molar-refractivity contribution >= 4 is 51.7 Å². The Labute approximate surface area is 124 Å². The van der Waals surface area contributed by atoms with Crippen molar-refractivity contribution in [2.45, 2.75) is 12.8 Å². The first-order valence-corrected chi connectivity index (χ1v) is 7.04. The van der Waals surface area contributed by atoms with Crippen molar-refractivity contribution in [1.29, 1.82) is 0 Å². The average molecular weight is 379 g/mol. The molecule has 1 aromatic rings. The third-order valence-electron chi connectivity index (χ3n) is 2.82. The molecular weight excluding hydrogens is 367 g/mol. The molecule has 96 valence electrons. The van der Waals surface area contributed by atoms with E-state index in [1.807, 2.05) is 12.1 Å². The van der Waals surface area contributed by atoms with Crippen LogP contribution in [0, 0.1) is 9.49 Å². The fourth-order valence-electron chi connectivity index (χ4n) is 1.78. The zero-order valence-corrected chi connectivity index (χ0v) is 12.4. The molecule has 6 heteroatoms. The highest BCUT2D eigenvalue weighted by molar-refractivity contribution is 14.1. The van der Waals surface area contributed by atoms with Crippen LogP contribution in [-0.4, -0.2) is 18.4 Å². The maximum absolute atomic E-state index is 12.0. The van der Waals surface area contributed by atoms with Crippen LogP contribution in [0.3, 0.4) is 0 Å². The normalized spacial score (nSPS) is 19.2. The van der Waals surface area contributed by atoms with E-state index in [9.17, 15) is 9.59 Å². The maximum atomic E-state index is 12.0. The lowest BCUT2D eigenvalue weighted by Crippen LogP contribution is -2.40. The van der Waals surface area contributed by atoms with Gasteiger partial charge < -0.3 is 10.6 Å². The highest BCUT2D eigenvalue weighted by Gasteiger charge is 2.24. The van der Waals surface area contributed by atoms with Gasteiger partial charge in [-0.25, -0.2) is 0 Å². The van der Waals surface area contributed by atoms with Gasteiger partial charge in [0.1, 0.15) is 0 Å². The summed E-state index contributed by atoms with van der Waals surface area (Å²) in [7, 11) is 0. The smallest absolute Gasteiger partial charge is 0.229 e. The van der Waals surface area contributed by atoms with Gasteiger partial charge in [-0.2, -0.15) is 0 Å². The zero-order valence-electron chi connectivity index (χ0n) is 9.50. The van der Waals surface area contributed by atoms with Crippen molar-refractivity contribution in [3.63, 3.8) is 0 Å². The van der Waals surface area contributed by atoms with E-state index in [4.69, 9.17) is 11.6 Å². The second-order valence-electron chi connectivity index (χ2n) is 4.15. The van der Waals surface area contributed by atoms with Crippen LogP contribution in [0.1, 0.15) is 12.8 Å². The third kappa shape index (κ3) is 3.35. The lowest BCUT2D eigenvalue weighted by Gasteiger charge is -2.21. The molecule has 4 nitrogen and oxygen atoms in total. The Morgan fingerprint density at radius 3 is 2.94 bits per heavy atom. The number of piperidine rings is 1. The minimum atomic E-state index is -0.184. The van der Waals surface area contributed by atoms with Crippen LogP contribution < -0.4 is 10.6 Å². The molecule has 1 fully saturated rings. The number of hydrogen-bond acceptors (Lipinski definition) is 2. The van der Waals surface area contributed by atoms with Gasteiger partial charge in [-0.3, -0.25) is 9.59 Å². The van der Waals surface area contributed by atoms with E-state index in [1.165, 1.54) is 0 Å². The predicted molar refractivity (Wildman–Crippen MR) is 78.5 cm³/mol. The summed E-state index contributed by atoms with van der Waals surface area (Å²) in [5, 5.41) is 6.02. The summed E-state index contributed by atoms with van der Waals surface area (Å²) in [5.74, 6) is -0.276. The molecule has 0 aromatic heterocycles. The van der Waals surface area contributed by atoms with Gasteiger partial charge in [0.05, 0.1) is 16.6 Å². The molecule has 1 atom stereocenters. The number of carbonyl (C=O) groups is 2.